The predicted molar refractivity (Wildman–Crippen MR) is 106 cm³/mol. The molecule has 2 aromatic rings. The Morgan fingerprint density at radius 3 is 2.71 bits per heavy atom. The van der Waals surface area contributed by atoms with Gasteiger partial charge >= 0.3 is 0 Å². The number of fused-ring (bicyclic) bond motifs is 1. The molecule has 146 valence electrons. The van der Waals surface area contributed by atoms with E-state index in [9.17, 15) is 10.1 Å². The fraction of sp³-hybridized carbons (Fsp3) is 0.333. The standard InChI is InChI=1S/C21H24N4O3/c1-13-11-17-19(21(26)25(13)10-9-24(2)3)18(15(12-22)20(23)28-17)14-7-5-6-8-16(14)27-4/h5-8,11,18H,9-10,23H2,1-4H3. The number of allylic oxidation sites excluding steroid dienone is 1. The summed E-state index contributed by atoms with van der Waals surface area (Å²) >= 11 is 0. The Labute approximate surface area is 164 Å². The summed E-state index contributed by atoms with van der Waals surface area (Å²) in [5.74, 6) is 0.330. The quantitative estimate of drug-likeness (QED) is 0.852. The van der Waals surface area contributed by atoms with Crippen molar-refractivity contribution in [3.05, 3.63) is 69.0 Å². The fourth-order valence-corrected chi connectivity index (χ4v) is 3.48. The van der Waals surface area contributed by atoms with Gasteiger partial charge in [0.15, 0.2) is 0 Å². The van der Waals surface area contributed by atoms with Crippen LogP contribution in [-0.4, -0.2) is 37.2 Å². The van der Waals surface area contributed by atoms with Gasteiger partial charge in [-0.15, -0.1) is 0 Å². The first-order chi connectivity index (χ1) is 13.4. The maximum Gasteiger partial charge on any atom is 0.258 e. The van der Waals surface area contributed by atoms with Gasteiger partial charge in [0.25, 0.3) is 5.56 Å². The highest BCUT2D eigenvalue weighted by molar-refractivity contribution is 5.58. The summed E-state index contributed by atoms with van der Waals surface area (Å²) in [6, 6.07) is 11.2. The number of pyridine rings is 1. The topological polar surface area (TPSA) is 93.5 Å². The Bertz CT molecular complexity index is 1030. The molecule has 1 aromatic heterocycles. The van der Waals surface area contributed by atoms with E-state index in [0.29, 0.717) is 35.7 Å². The Hall–Kier alpha value is -3.24. The van der Waals surface area contributed by atoms with Gasteiger partial charge in [-0.3, -0.25) is 4.79 Å². The minimum absolute atomic E-state index is 0.00995. The maximum absolute atomic E-state index is 13.4. The van der Waals surface area contributed by atoms with Gasteiger partial charge in [0.1, 0.15) is 23.1 Å². The van der Waals surface area contributed by atoms with Crippen molar-refractivity contribution in [2.75, 3.05) is 27.7 Å². The number of nitrogens with two attached hydrogens (primary N) is 1. The minimum Gasteiger partial charge on any atom is -0.496 e. The summed E-state index contributed by atoms with van der Waals surface area (Å²) in [6.07, 6.45) is 0. The number of benzene rings is 1. The molecule has 0 bridgehead atoms. The second-order valence-corrected chi connectivity index (χ2v) is 6.99. The molecular weight excluding hydrogens is 356 g/mol. The number of aryl methyl sites for hydroxylation is 1. The van der Waals surface area contributed by atoms with Crippen LogP contribution in [0.4, 0.5) is 0 Å². The number of para-hydroxylation sites is 1. The number of methoxy groups -OCH3 is 1. The highest BCUT2D eigenvalue weighted by Gasteiger charge is 2.35. The number of hydrogen-bond acceptors (Lipinski definition) is 6. The molecule has 0 radical (unpaired) electrons. The van der Waals surface area contributed by atoms with Gasteiger partial charge < -0.3 is 24.7 Å². The average molecular weight is 380 g/mol. The van der Waals surface area contributed by atoms with E-state index < -0.39 is 5.92 Å². The van der Waals surface area contributed by atoms with Crippen molar-refractivity contribution in [1.29, 1.82) is 5.26 Å². The SMILES string of the molecule is COc1ccccc1C1C(C#N)=C(N)Oc2cc(C)n(CCN(C)C)c(=O)c21. The molecule has 0 amide bonds. The number of hydrogen-bond donors (Lipinski definition) is 1. The summed E-state index contributed by atoms with van der Waals surface area (Å²) in [4.78, 5) is 15.5. The predicted octanol–water partition coefficient (Wildman–Crippen LogP) is 1.95. The van der Waals surface area contributed by atoms with Crippen LogP contribution in [0.25, 0.3) is 0 Å². The van der Waals surface area contributed by atoms with Crippen LogP contribution in [0, 0.1) is 18.3 Å². The average Bonchev–Trinajstić information content (AvgIpc) is 2.66. The van der Waals surface area contributed by atoms with E-state index in [-0.39, 0.29) is 17.0 Å². The normalized spacial score (nSPS) is 15.8. The Balaban J connectivity index is 2.27. The molecular formula is C21H24N4O3. The first-order valence-corrected chi connectivity index (χ1v) is 8.98. The molecule has 1 aromatic carbocycles. The van der Waals surface area contributed by atoms with Crippen LogP contribution in [-0.2, 0) is 6.54 Å². The number of nitrogens with zero attached hydrogens (tertiary/aromatic N) is 3. The van der Waals surface area contributed by atoms with Crippen molar-refractivity contribution in [2.24, 2.45) is 5.73 Å². The van der Waals surface area contributed by atoms with E-state index in [1.165, 1.54) is 0 Å². The first-order valence-electron chi connectivity index (χ1n) is 8.98. The highest BCUT2D eigenvalue weighted by Crippen LogP contribution is 2.43. The lowest BCUT2D eigenvalue weighted by atomic mass is 9.83. The van der Waals surface area contributed by atoms with E-state index in [1.807, 2.05) is 44.1 Å². The largest absolute Gasteiger partial charge is 0.496 e. The van der Waals surface area contributed by atoms with Gasteiger partial charge in [0.05, 0.1) is 18.6 Å². The zero-order valence-corrected chi connectivity index (χ0v) is 16.5. The molecule has 0 fully saturated rings. The van der Waals surface area contributed by atoms with Crippen molar-refractivity contribution in [3.8, 4) is 17.6 Å². The van der Waals surface area contributed by atoms with E-state index >= 15 is 0 Å². The molecule has 1 atom stereocenters. The van der Waals surface area contributed by atoms with Crippen LogP contribution in [0.3, 0.4) is 0 Å². The lowest BCUT2D eigenvalue weighted by Gasteiger charge is -2.28. The summed E-state index contributed by atoms with van der Waals surface area (Å²) in [7, 11) is 5.47. The van der Waals surface area contributed by atoms with Crippen molar-refractivity contribution in [3.63, 3.8) is 0 Å². The molecule has 28 heavy (non-hydrogen) atoms. The van der Waals surface area contributed by atoms with Crippen LogP contribution in [0.2, 0.25) is 0 Å². The first kappa shape index (κ1) is 19.5. The van der Waals surface area contributed by atoms with E-state index in [4.69, 9.17) is 15.2 Å². The molecule has 2 heterocycles. The van der Waals surface area contributed by atoms with E-state index in [1.54, 1.807) is 23.8 Å². The van der Waals surface area contributed by atoms with Gasteiger partial charge in [0.2, 0.25) is 5.88 Å². The van der Waals surface area contributed by atoms with Gasteiger partial charge in [-0.05, 0) is 27.1 Å². The number of likely N-dealkylation sites (N-methyl/N-ethyl adjacent to an activating group) is 1. The second-order valence-electron chi connectivity index (χ2n) is 6.99. The summed E-state index contributed by atoms with van der Waals surface area (Å²) in [6.45, 7) is 3.10. The molecule has 3 rings (SSSR count). The van der Waals surface area contributed by atoms with Crippen molar-refractivity contribution < 1.29 is 9.47 Å². The lowest BCUT2D eigenvalue weighted by Crippen LogP contribution is -2.34. The Morgan fingerprint density at radius 1 is 1.36 bits per heavy atom. The number of rotatable bonds is 5. The van der Waals surface area contributed by atoms with Crippen LogP contribution < -0.4 is 20.8 Å². The van der Waals surface area contributed by atoms with Crippen molar-refractivity contribution in [1.82, 2.24) is 9.47 Å². The van der Waals surface area contributed by atoms with Crippen molar-refractivity contribution in [2.45, 2.75) is 19.4 Å². The van der Waals surface area contributed by atoms with Crippen LogP contribution in [0.5, 0.6) is 11.5 Å². The lowest BCUT2D eigenvalue weighted by molar-refractivity contribution is 0.367. The molecule has 2 N–H and O–H groups in total. The van der Waals surface area contributed by atoms with Gasteiger partial charge in [-0.1, -0.05) is 18.2 Å². The van der Waals surface area contributed by atoms with Crippen LogP contribution in [0.1, 0.15) is 22.7 Å². The third-order valence-electron chi connectivity index (χ3n) is 4.91. The Kier molecular flexibility index (Phi) is 5.43. The molecule has 0 aliphatic carbocycles. The van der Waals surface area contributed by atoms with E-state index in [2.05, 4.69) is 6.07 Å². The molecule has 0 spiro atoms. The smallest absolute Gasteiger partial charge is 0.258 e. The summed E-state index contributed by atoms with van der Waals surface area (Å²) in [5.41, 5.74) is 7.94. The monoisotopic (exact) mass is 380 g/mol. The van der Waals surface area contributed by atoms with Gasteiger partial charge in [-0.2, -0.15) is 5.26 Å². The molecule has 1 aliphatic rings. The molecule has 7 heteroatoms. The Morgan fingerprint density at radius 2 is 2.07 bits per heavy atom. The molecule has 1 aliphatic heterocycles. The third-order valence-corrected chi connectivity index (χ3v) is 4.91. The number of ether oxygens (including phenoxy) is 2. The van der Waals surface area contributed by atoms with Gasteiger partial charge in [-0.25, -0.2) is 0 Å². The maximum atomic E-state index is 13.4. The highest BCUT2D eigenvalue weighted by atomic mass is 16.5. The van der Waals surface area contributed by atoms with E-state index in [0.717, 1.165) is 5.69 Å². The molecule has 7 nitrogen and oxygen atoms in total. The number of aromatic nitrogens is 1. The van der Waals surface area contributed by atoms with Crippen LogP contribution in [0.15, 0.2) is 46.6 Å². The van der Waals surface area contributed by atoms with Crippen LogP contribution >= 0.6 is 0 Å². The zero-order valence-electron chi connectivity index (χ0n) is 16.5. The number of nitriles is 1. The second kappa shape index (κ2) is 7.79. The summed E-state index contributed by atoms with van der Waals surface area (Å²) in [5, 5.41) is 9.75. The molecule has 0 saturated carbocycles. The fourth-order valence-electron chi connectivity index (χ4n) is 3.48. The third kappa shape index (κ3) is 3.35. The molecule has 1 unspecified atom stereocenters. The van der Waals surface area contributed by atoms with Gasteiger partial charge in [0, 0.05) is 30.4 Å². The summed E-state index contributed by atoms with van der Waals surface area (Å²) < 4.78 is 12.9. The molecule has 0 saturated heterocycles. The minimum atomic E-state index is -0.649. The zero-order chi connectivity index (χ0) is 20.4. The van der Waals surface area contributed by atoms with Crippen molar-refractivity contribution >= 4 is 0 Å².